The number of methoxy groups -OCH3 is 1. The first-order chi connectivity index (χ1) is 9.61. The Bertz CT molecular complexity index is 534. The van der Waals surface area contributed by atoms with E-state index in [0.717, 1.165) is 24.2 Å². The van der Waals surface area contributed by atoms with Gasteiger partial charge in [0, 0.05) is 23.4 Å². The quantitative estimate of drug-likeness (QED) is 0.919. The average molecular weight is 295 g/mol. The lowest BCUT2D eigenvalue weighted by molar-refractivity contribution is 0.126. The Balaban J connectivity index is 1.82. The standard InChI is InChI=1S/C15H21NO3S/c1-9-13(5-6-19-9)20(17)14-7-10-3-4-11(18-2)8-12(10)15(14)16/h3-4,8-9,13-15H,5-7,16H2,1-2H3. The van der Waals surface area contributed by atoms with Crippen LogP contribution in [0.4, 0.5) is 0 Å². The van der Waals surface area contributed by atoms with E-state index in [0.29, 0.717) is 6.61 Å². The fourth-order valence-electron chi connectivity index (χ4n) is 3.21. The Morgan fingerprint density at radius 1 is 1.40 bits per heavy atom. The highest BCUT2D eigenvalue weighted by atomic mass is 32.2. The van der Waals surface area contributed by atoms with E-state index >= 15 is 0 Å². The van der Waals surface area contributed by atoms with Crippen LogP contribution in [0.15, 0.2) is 18.2 Å². The zero-order valence-corrected chi connectivity index (χ0v) is 12.7. The first-order valence-electron chi connectivity index (χ1n) is 7.05. The normalized spacial score (nSPS) is 34.0. The molecule has 1 aliphatic carbocycles. The van der Waals surface area contributed by atoms with Gasteiger partial charge in [-0.05, 0) is 43.0 Å². The molecule has 1 aliphatic heterocycles. The minimum atomic E-state index is -0.957. The second-order valence-electron chi connectivity index (χ2n) is 5.56. The SMILES string of the molecule is COc1ccc2c(c1)C(N)C(S(=O)C1CCOC1C)C2. The number of hydrogen-bond donors (Lipinski definition) is 1. The molecule has 2 N–H and O–H groups in total. The molecule has 1 aromatic rings. The highest BCUT2D eigenvalue weighted by Gasteiger charge is 2.40. The predicted molar refractivity (Wildman–Crippen MR) is 79.4 cm³/mol. The molecule has 0 radical (unpaired) electrons. The number of fused-ring (bicyclic) bond motifs is 1. The molecule has 2 aliphatic rings. The van der Waals surface area contributed by atoms with E-state index in [-0.39, 0.29) is 22.6 Å². The molecule has 0 spiro atoms. The van der Waals surface area contributed by atoms with E-state index in [1.165, 1.54) is 5.56 Å². The van der Waals surface area contributed by atoms with Crippen molar-refractivity contribution in [1.82, 2.24) is 0 Å². The molecule has 20 heavy (non-hydrogen) atoms. The van der Waals surface area contributed by atoms with Crippen LogP contribution < -0.4 is 10.5 Å². The van der Waals surface area contributed by atoms with E-state index in [1.54, 1.807) is 7.11 Å². The van der Waals surface area contributed by atoms with E-state index in [4.69, 9.17) is 15.2 Å². The molecule has 0 amide bonds. The summed E-state index contributed by atoms with van der Waals surface area (Å²) in [6.07, 6.45) is 1.73. The van der Waals surface area contributed by atoms with Crippen molar-refractivity contribution in [2.45, 2.75) is 42.4 Å². The zero-order chi connectivity index (χ0) is 14.3. The Hall–Kier alpha value is -0.910. The maximum absolute atomic E-state index is 12.8. The van der Waals surface area contributed by atoms with Gasteiger partial charge in [-0.25, -0.2) is 0 Å². The molecular weight excluding hydrogens is 274 g/mol. The summed E-state index contributed by atoms with van der Waals surface area (Å²) in [4.78, 5) is 0. The van der Waals surface area contributed by atoms with Crippen molar-refractivity contribution in [3.8, 4) is 5.75 Å². The Morgan fingerprint density at radius 3 is 2.85 bits per heavy atom. The van der Waals surface area contributed by atoms with Crippen LogP contribution in [-0.2, 0) is 22.0 Å². The van der Waals surface area contributed by atoms with Crippen molar-refractivity contribution in [2.75, 3.05) is 13.7 Å². The summed E-state index contributed by atoms with van der Waals surface area (Å²) in [7, 11) is 0.692. The molecule has 5 atom stereocenters. The minimum Gasteiger partial charge on any atom is -0.497 e. The summed E-state index contributed by atoms with van der Waals surface area (Å²) in [5.41, 5.74) is 8.61. The van der Waals surface area contributed by atoms with E-state index in [9.17, 15) is 4.21 Å². The molecule has 0 aromatic heterocycles. The van der Waals surface area contributed by atoms with Crippen molar-refractivity contribution >= 4 is 10.8 Å². The van der Waals surface area contributed by atoms with Gasteiger partial charge in [0.25, 0.3) is 0 Å². The van der Waals surface area contributed by atoms with E-state index in [1.807, 2.05) is 25.1 Å². The van der Waals surface area contributed by atoms with Gasteiger partial charge in [-0.3, -0.25) is 4.21 Å². The second kappa shape index (κ2) is 5.47. The molecule has 0 saturated carbocycles. The zero-order valence-electron chi connectivity index (χ0n) is 11.9. The highest BCUT2D eigenvalue weighted by molar-refractivity contribution is 7.86. The van der Waals surface area contributed by atoms with Crippen LogP contribution in [0, 0.1) is 0 Å². The summed E-state index contributed by atoms with van der Waals surface area (Å²) in [5, 5.41) is 0.105. The fraction of sp³-hybridized carbons (Fsp3) is 0.600. The molecule has 5 unspecified atom stereocenters. The molecule has 5 heteroatoms. The first kappa shape index (κ1) is 14.0. The van der Waals surface area contributed by atoms with Gasteiger partial charge in [0.2, 0.25) is 0 Å². The van der Waals surface area contributed by atoms with Gasteiger partial charge in [0.05, 0.1) is 23.7 Å². The predicted octanol–water partition coefficient (Wildman–Crippen LogP) is 1.55. The van der Waals surface area contributed by atoms with Crippen LogP contribution >= 0.6 is 0 Å². The van der Waals surface area contributed by atoms with Gasteiger partial charge >= 0.3 is 0 Å². The maximum atomic E-state index is 12.8. The molecule has 1 saturated heterocycles. The third kappa shape index (κ3) is 2.28. The average Bonchev–Trinajstić information content (AvgIpc) is 3.02. The van der Waals surface area contributed by atoms with Crippen molar-refractivity contribution in [3.63, 3.8) is 0 Å². The number of hydrogen-bond acceptors (Lipinski definition) is 4. The molecule has 1 aromatic carbocycles. The summed E-state index contributed by atoms with van der Waals surface area (Å²) >= 11 is 0. The van der Waals surface area contributed by atoms with Gasteiger partial charge < -0.3 is 15.2 Å². The Kier molecular flexibility index (Phi) is 3.84. The maximum Gasteiger partial charge on any atom is 0.119 e. The molecule has 1 fully saturated rings. The lowest BCUT2D eigenvalue weighted by Crippen LogP contribution is -2.35. The third-order valence-electron chi connectivity index (χ3n) is 4.44. The fourth-order valence-corrected chi connectivity index (χ4v) is 5.22. The van der Waals surface area contributed by atoms with Crippen LogP contribution in [0.1, 0.15) is 30.5 Å². The Morgan fingerprint density at radius 2 is 2.20 bits per heavy atom. The van der Waals surface area contributed by atoms with Crippen LogP contribution in [0.2, 0.25) is 0 Å². The molecule has 1 heterocycles. The molecule has 110 valence electrons. The molecule has 3 rings (SSSR count). The van der Waals surface area contributed by atoms with Crippen LogP contribution in [-0.4, -0.2) is 34.5 Å². The lowest BCUT2D eigenvalue weighted by atomic mass is 10.1. The van der Waals surface area contributed by atoms with Gasteiger partial charge in [-0.15, -0.1) is 0 Å². The number of nitrogens with two attached hydrogens (primary N) is 1. The Labute approximate surface area is 122 Å². The minimum absolute atomic E-state index is 0.00810. The van der Waals surface area contributed by atoms with Crippen molar-refractivity contribution in [1.29, 1.82) is 0 Å². The monoisotopic (exact) mass is 295 g/mol. The van der Waals surface area contributed by atoms with E-state index < -0.39 is 10.8 Å². The van der Waals surface area contributed by atoms with E-state index in [2.05, 4.69) is 0 Å². The third-order valence-corrected chi connectivity index (χ3v) is 6.71. The summed E-state index contributed by atoms with van der Waals surface area (Å²) in [6.45, 7) is 2.71. The smallest absolute Gasteiger partial charge is 0.119 e. The second-order valence-corrected chi connectivity index (χ2v) is 7.43. The van der Waals surface area contributed by atoms with Crippen LogP contribution in [0.25, 0.3) is 0 Å². The molecular formula is C15H21NO3S. The van der Waals surface area contributed by atoms with Gasteiger partial charge in [0.15, 0.2) is 0 Å². The first-order valence-corrected chi connectivity index (χ1v) is 8.33. The van der Waals surface area contributed by atoms with Crippen molar-refractivity contribution < 1.29 is 13.7 Å². The molecule has 4 nitrogen and oxygen atoms in total. The largest absolute Gasteiger partial charge is 0.497 e. The van der Waals surface area contributed by atoms with Gasteiger partial charge in [-0.1, -0.05) is 6.07 Å². The van der Waals surface area contributed by atoms with Gasteiger partial charge in [0.1, 0.15) is 5.75 Å². The lowest BCUT2D eigenvalue weighted by Gasteiger charge is -2.21. The summed E-state index contributed by atoms with van der Waals surface area (Å²) in [6, 6.07) is 5.79. The van der Waals surface area contributed by atoms with Crippen molar-refractivity contribution in [3.05, 3.63) is 29.3 Å². The van der Waals surface area contributed by atoms with Crippen LogP contribution in [0.3, 0.4) is 0 Å². The molecule has 0 bridgehead atoms. The number of ether oxygens (including phenoxy) is 2. The van der Waals surface area contributed by atoms with Crippen molar-refractivity contribution in [2.24, 2.45) is 5.73 Å². The number of benzene rings is 1. The number of rotatable bonds is 3. The highest BCUT2D eigenvalue weighted by Crippen LogP contribution is 2.37. The van der Waals surface area contributed by atoms with Crippen LogP contribution in [0.5, 0.6) is 5.75 Å². The topological polar surface area (TPSA) is 61.5 Å². The summed E-state index contributed by atoms with van der Waals surface area (Å²) < 4.78 is 23.6. The summed E-state index contributed by atoms with van der Waals surface area (Å²) in [5.74, 6) is 0.809. The van der Waals surface area contributed by atoms with Gasteiger partial charge in [-0.2, -0.15) is 0 Å².